The summed E-state index contributed by atoms with van der Waals surface area (Å²) < 4.78 is 24.6. The minimum absolute atomic E-state index is 0.0288. The molecule has 0 radical (unpaired) electrons. The van der Waals surface area contributed by atoms with Gasteiger partial charge in [-0.05, 0) is 109 Å². The van der Waals surface area contributed by atoms with Crippen molar-refractivity contribution in [2.75, 3.05) is 12.9 Å². The van der Waals surface area contributed by atoms with Crippen molar-refractivity contribution in [2.24, 2.45) is 11.8 Å². The number of carbonyl (C=O) groups excluding carboxylic acids is 3. The topological polar surface area (TPSA) is 126 Å². The SMILES string of the molecule is COC1CCC(C(=O)NC(C)(C)C)C(CC(O)C(Cc2ccccc2)NC(=O)C(CSc2ccc(F)cc2)NC(=O)OC(C)(C)C)C1. The molecule has 2 aromatic rings. The van der Waals surface area contributed by atoms with E-state index in [2.05, 4.69) is 16.0 Å². The first kappa shape index (κ1) is 38.3. The lowest BCUT2D eigenvalue weighted by molar-refractivity contribution is -0.132. The third-order valence-electron chi connectivity index (χ3n) is 7.98. The van der Waals surface area contributed by atoms with Gasteiger partial charge in [0.2, 0.25) is 11.8 Å². The second-order valence-electron chi connectivity index (χ2n) is 14.3. The van der Waals surface area contributed by atoms with Crippen LogP contribution in [0, 0.1) is 17.7 Å². The zero-order valence-electron chi connectivity index (χ0n) is 28.7. The highest BCUT2D eigenvalue weighted by molar-refractivity contribution is 7.99. The van der Waals surface area contributed by atoms with Gasteiger partial charge in [-0.3, -0.25) is 9.59 Å². The number of ether oxygens (including phenoxy) is 2. The fourth-order valence-corrected chi connectivity index (χ4v) is 6.68. The highest BCUT2D eigenvalue weighted by Gasteiger charge is 2.39. The maximum atomic E-state index is 13.9. The van der Waals surface area contributed by atoms with E-state index in [0.717, 1.165) is 16.9 Å². The first-order chi connectivity index (χ1) is 22.0. The van der Waals surface area contributed by atoms with Crippen LogP contribution in [-0.4, -0.2) is 71.3 Å². The van der Waals surface area contributed by atoms with Crippen LogP contribution in [0.15, 0.2) is 59.5 Å². The van der Waals surface area contributed by atoms with Gasteiger partial charge in [0.05, 0.1) is 18.2 Å². The average Bonchev–Trinajstić information content (AvgIpc) is 2.98. The van der Waals surface area contributed by atoms with Crippen molar-refractivity contribution in [3.63, 3.8) is 0 Å². The number of hydrogen-bond donors (Lipinski definition) is 4. The third-order valence-corrected chi connectivity index (χ3v) is 9.08. The van der Waals surface area contributed by atoms with Crippen molar-refractivity contribution in [2.45, 2.75) is 114 Å². The van der Waals surface area contributed by atoms with E-state index in [4.69, 9.17) is 9.47 Å². The standard InChI is InChI=1S/C36H52FN3O6S/c1-35(2,3)40-32(42)28-18-15-26(45-7)20-24(28)21-31(41)29(19-23-11-9-8-10-12-23)38-33(43)30(39-34(44)46-36(4,5)6)22-47-27-16-13-25(37)14-17-27/h8-14,16-17,24,26,28-31,41H,15,18-22H2,1-7H3,(H,38,43)(H,39,44)(H,40,42). The molecular formula is C36H52FN3O6S. The maximum Gasteiger partial charge on any atom is 0.408 e. The van der Waals surface area contributed by atoms with Crippen LogP contribution in [-0.2, 0) is 25.5 Å². The van der Waals surface area contributed by atoms with Crippen LogP contribution >= 0.6 is 11.8 Å². The Bertz CT molecular complexity index is 1300. The number of amides is 3. The van der Waals surface area contributed by atoms with Crippen LogP contribution in [0.1, 0.15) is 72.8 Å². The molecule has 47 heavy (non-hydrogen) atoms. The van der Waals surface area contributed by atoms with Gasteiger partial charge in [0.1, 0.15) is 17.5 Å². The van der Waals surface area contributed by atoms with E-state index in [0.29, 0.717) is 19.3 Å². The Morgan fingerprint density at radius 2 is 1.64 bits per heavy atom. The van der Waals surface area contributed by atoms with Gasteiger partial charge in [-0.15, -0.1) is 11.8 Å². The van der Waals surface area contributed by atoms with Crippen LogP contribution in [0.4, 0.5) is 9.18 Å². The number of aliphatic hydroxyl groups excluding tert-OH is 1. The quantitative estimate of drug-likeness (QED) is 0.203. The number of alkyl carbamates (subject to hydrolysis) is 1. The molecule has 0 aliphatic heterocycles. The first-order valence-electron chi connectivity index (χ1n) is 16.3. The highest BCUT2D eigenvalue weighted by Crippen LogP contribution is 2.36. The van der Waals surface area contributed by atoms with Gasteiger partial charge >= 0.3 is 6.09 Å². The van der Waals surface area contributed by atoms with Crippen molar-refractivity contribution >= 4 is 29.7 Å². The number of thioether (sulfide) groups is 1. The van der Waals surface area contributed by atoms with Crippen LogP contribution in [0.25, 0.3) is 0 Å². The van der Waals surface area contributed by atoms with Crippen molar-refractivity contribution in [1.29, 1.82) is 0 Å². The maximum absolute atomic E-state index is 13.9. The van der Waals surface area contributed by atoms with Crippen LogP contribution < -0.4 is 16.0 Å². The molecule has 0 spiro atoms. The number of methoxy groups -OCH3 is 1. The van der Waals surface area contributed by atoms with E-state index >= 15 is 0 Å². The van der Waals surface area contributed by atoms with Gasteiger partial charge in [-0.2, -0.15) is 0 Å². The molecule has 11 heteroatoms. The third kappa shape index (κ3) is 13.5. The smallest absolute Gasteiger partial charge is 0.408 e. The van der Waals surface area contributed by atoms with E-state index in [9.17, 15) is 23.9 Å². The molecule has 4 N–H and O–H groups in total. The molecular weight excluding hydrogens is 621 g/mol. The number of aliphatic hydroxyl groups is 1. The lowest BCUT2D eigenvalue weighted by Crippen LogP contribution is -2.55. The summed E-state index contributed by atoms with van der Waals surface area (Å²) in [6, 6.07) is 13.7. The molecule has 2 aromatic carbocycles. The summed E-state index contributed by atoms with van der Waals surface area (Å²) in [4.78, 5) is 40.8. The molecule has 3 rings (SSSR count). The predicted octanol–water partition coefficient (Wildman–Crippen LogP) is 5.64. The Kier molecular flexibility index (Phi) is 14.1. The van der Waals surface area contributed by atoms with Crippen molar-refractivity contribution in [3.8, 4) is 0 Å². The largest absolute Gasteiger partial charge is 0.444 e. The minimum atomic E-state index is -1.02. The van der Waals surface area contributed by atoms with Crippen LogP contribution in [0.2, 0.25) is 0 Å². The Hall–Kier alpha value is -3.15. The fraction of sp³-hybridized carbons (Fsp3) is 0.583. The zero-order valence-corrected chi connectivity index (χ0v) is 29.5. The number of carbonyl (C=O) groups is 3. The second kappa shape index (κ2) is 17.3. The van der Waals surface area contributed by atoms with E-state index < -0.39 is 41.3 Å². The molecule has 1 fully saturated rings. The Labute approximate surface area is 283 Å². The summed E-state index contributed by atoms with van der Waals surface area (Å²) >= 11 is 1.29. The van der Waals surface area contributed by atoms with E-state index in [-0.39, 0.29) is 41.8 Å². The van der Waals surface area contributed by atoms with Crippen molar-refractivity contribution in [1.82, 2.24) is 16.0 Å². The van der Waals surface area contributed by atoms with E-state index in [1.165, 1.54) is 23.9 Å². The molecule has 0 heterocycles. The first-order valence-corrected chi connectivity index (χ1v) is 17.3. The lowest BCUT2D eigenvalue weighted by Gasteiger charge is -2.38. The molecule has 0 saturated heterocycles. The molecule has 6 unspecified atom stereocenters. The molecule has 6 atom stereocenters. The Morgan fingerprint density at radius 1 is 0.979 bits per heavy atom. The molecule has 9 nitrogen and oxygen atoms in total. The number of nitrogens with one attached hydrogen (secondary N) is 3. The summed E-state index contributed by atoms with van der Waals surface area (Å²) in [5.74, 6) is -1.26. The summed E-state index contributed by atoms with van der Waals surface area (Å²) in [5, 5.41) is 20.6. The second-order valence-corrected chi connectivity index (χ2v) is 15.4. The number of benzene rings is 2. The summed E-state index contributed by atoms with van der Waals surface area (Å²) in [6.45, 7) is 11.0. The molecule has 3 amide bonds. The Morgan fingerprint density at radius 3 is 2.23 bits per heavy atom. The lowest BCUT2D eigenvalue weighted by atomic mass is 9.73. The summed E-state index contributed by atoms with van der Waals surface area (Å²) in [6.07, 6.45) is 0.813. The molecule has 0 aromatic heterocycles. The highest BCUT2D eigenvalue weighted by atomic mass is 32.2. The molecule has 260 valence electrons. The monoisotopic (exact) mass is 673 g/mol. The molecule has 0 bridgehead atoms. The molecule has 1 saturated carbocycles. The fourth-order valence-electron chi connectivity index (χ4n) is 5.76. The minimum Gasteiger partial charge on any atom is -0.444 e. The number of rotatable bonds is 13. The van der Waals surface area contributed by atoms with Gasteiger partial charge < -0.3 is 30.5 Å². The van der Waals surface area contributed by atoms with Crippen LogP contribution in [0.5, 0.6) is 0 Å². The van der Waals surface area contributed by atoms with Gasteiger partial charge in [0.25, 0.3) is 0 Å². The van der Waals surface area contributed by atoms with Gasteiger partial charge in [0.15, 0.2) is 0 Å². The summed E-state index contributed by atoms with van der Waals surface area (Å²) in [5.41, 5.74) is -0.267. The summed E-state index contributed by atoms with van der Waals surface area (Å²) in [7, 11) is 1.66. The molecule has 1 aliphatic carbocycles. The molecule has 1 aliphatic rings. The van der Waals surface area contributed by atoms with E-state index in [1.54, 1.807) is 40.0 Å². The predicted molar refractivity (Wildman–Crippen MR) is 183 cm³/mol. The number of hydrogen-bond acceptors (Lipinski definition) is 7. The zero-order chi connectivity index (χ0) is 34.8. The van der Waals surface area contributed by atoms with Gasteiger partial charge in [-0.25, -0.2) is 9.18 Å². The van der Waals surface area contributed by atoms with Gasteiger partial charge in [-0.1, -0.05) is 30.3 Å². The Balaban J connectivity index is 1.84. The van der Waals surface area contributed by atoms with Crippen molar-refractivity contribution in [3.05, 3.63) is 66.0 Å². The van der Waals surface area contributed by atoms with E-state index in [1.807, 2.05) is 51.1 Å². The van der Waals surface area contributed by atoms with Crippen molar-refractivity contribution < 1.29 is 33.4 Å². The van der Waals surface area contributed by atoms with Crippen LogP contribution in [0.3, 0.4) is 0 Å². The van der Waals surface area contributed by atoms with Gasteiger partial charge in [0, 0.05) is 29.2 Å². The number of halogens is 1. The normalized spacial score (nSPS) is 20.4. The average molecular weight is 674 g/mol.